The summed E-state index contributed by atoms with van der Waals surface area (Å²) < 4.78 is 8.17. The van der Waals surface area contributed by atoms with E-state index in [1.165, 1.54) is 0 Å². The minimum atomic E-state index is 0.0161. The second kappa shape index (κ2) is 7.40. The molecule has 1 saturated carbocycles. The monoisotopic (exact) mass is 406 g/mol. The molecule has 0 spiro atoms. The zero-order valence-electron chi connectivity index (χ0n) is 15.9. The summed E-state index contributed by atoms with van der Waals surface area (Å²) in [6.07, 6.45) is 6.53. The maximum absolute atomic E-state index is 6.07. The van der Waals surface area contributed by atoms with Gasteiger partial charge in [-0.2, -0.15) is 0 Å². The van der Waals surface area contributed by atoms with Crippen molar-refractivity contribution in [3.63, 3.8) is 0 Å². The Morgan fingerprint density at radius 3 is 2.66 bits per heavy atom. The summed E-state index contributed by atoms with van der Waals surface area (Å²) in [6, 6.07) is 11.8. The van der Waals surface area contributed by atoms with E-state index in [4.69, 9.17) is 16.0 Å². The highest BCUT2D eigenvalue weighted by Gasteiger charge is 2.31. The van der Waals surface area contributed by atoms with Crippen LogP contribution in [-0.2, 0) is 6.42 Å². The van der Waals surface area contributed by atoms with Crippen LogP contribution >= 0.6 is 11.6 Å². The summed E-state index contributed by atoms with van der Waals surface area (Å²) in [6.45, 7) is 2.06. The Labute approximate surface area is 172 Å². The normalized spacial score (nSPS) is 14.8. The Morgan fingerprint density at radius 2 is 1.90 bits per heavy atom. The molecule has 1 fully saturated rings. The minimum Gasteiger partial charge on any atom is -0.420 e. The van der Waals surface area contributed by atoms with Crippen LogP contribution in [0.3, 0.4) is 0 Å². The molecule has 4 aromatic rings. The molecule has 0 saturated heterocycles. The van der Waals surface area contributed by atoms with Crippen molar-refractivity contribution in [1.82, 2.24) is 29.9 Å². The van der Waals surface area contributed by atoms with Crippen molar-refractivity contribution in [1.29, 1.82) is 0 Å². The van der Waals surface area contributed by atoms with Crippen molar-refractivity contribution >= 4 is 11.6 Å². The largest absolute Gasteiger partial charge is 0.420 e. The molecule has 3 aromatic heterocycles. The van der Waals surface area contributed by atoms with Gasteiger partial charge in [0, 0.05) is 46.9 Å². The number of benzene rings is 1. The Balaban J connectivity index is 1.40. The lowest BCUT2D eigenvalue weighted by molar-refractivity contribution is 0.458. The molecule has 0 unspecified atom stereocenters. The van der Waals surface area contributed by atoms with Crippen LogP contribution in [0.2, 0.25) is 5.02 Å². The van der Waals surface area contributed by atoms with Crippen molar-refractivity contribution < 1.29 is 4.42 Å². The molecule has 1 aliphatic rings. The molecule has 0 N–H and O–H groups in total. The summed E-state index contributed by atoms with van der Waals surface area (Å²) in [5.74, 6) is 2.89. The van der Waals surface area contributed by atoms with Crippen molar-refractivity contribution in [3.05, 3.63) is 65.5 Å². The van der Waals surface area contributed by atoms with Crippen molar-refractivity contribution in [2.75, 3.05) is 0 Å². The van der Waals surface area contributed by atoms with E-state index in [0.29, 0.717) is 29.3 Å². The van der Waals surface area contributed by atoms with Crippen LogP contribution in [0.4, 0.5) is 0 Å². The molecular formula is C21H19ClN6O. The fourth-order valence-electron chi connectivity index (χ4n) is 3.41. The van der Waals surface area contributed by atoms with Gasteiger partial charge in [-0.3, -0.25) is 4.98 Å². The maximum Gasteiger partial charge on any atom is 0.247 e. The molecule has 8 heteroatoms. The van der Waals surface area contributed by atoms with E-state index >= 15 is 0 Å². The molecule has 0 aliphatic heterocycles. The van der Waals surface area contributed by atoms with E-state index in [9.17, 15) is 0 Å². The molecule has 3 heterocycles. The van der Waals surface area contributed by atoms with Gasteiger partial charge in [0.05, 0.1) is 0 Å². The van der Waals surface area contributed by atoms with E-state index in [-0.39, 0.29) is 5.92 Å². The fraction of sp³-hybridized carbons (Fsp3) is 0.286. The highest BCUT2D eigenvalue weighted by atomic mass is 35.5. The molecule has 1 atom stereocenters. The standard InChI is InChI=1S/C21H19ClN6O/c1-13(20-26-27-21(29-20)15-3-2-4-16(22)12-15)11-18-24-25-19(28(18)17-5-6-17)14-7-9-23-10-8-14/h2-4,7-10,12-13,17H,5-6,11H2,1H3/t13-/m0/s1. The molecular weight excluding hydrogens is 388 g/mol. The predicted octanol–water partition coefficient (Wildman–Crippen LogP) is 4.72. The zero-order valence-corrected chi connectivity index (χ0v) is 16.6. The van der Waals surface area contributed by atoms with Gasteiger partial charge in [-0.05, 0) is 43.2 Å². The maximum atomic E-state index is 6.07. The minimum absolute atomic E-state index is 0.0161. The molecule has 146 valence electrons. The van der Waals surface area contributed by atoms with E-state index < -0.39 is 0 Å². The summed E-state index contributed by atoms with van der Waals surface area (Å²) in [4.78, 5) is 4.10. The van der Waals surface area contributed by atoms with Gasteiger partial charge in [-0.25, -0.2) is 0 Å². The smallest absolute Gasteiger partial charge is 0.247 e. The van der Waals surface area contributed by atoms with Gasteiger partial charge in [-0.1, -0.05) is 24.6 Å². The first-order valence-corrected chi connectivity index (χ1v) is 10.0. The van der Waals surface area contributed by atoms with Crippen LogP contribution in [0.25, 0.3) is 22.8 Å². The average molecular weight is 407 g/mol. The van der Waals surface area contributed by atoms with Crippen molar-refractivity contribution in [2.24, 2.45) is 0 Å². The Hall–Kier alpha value is -3.06. The molecule has 0 bridgehead atoms. The van der Waals surface area contributed by atoms with Crippen LogP contribution in [0.1, 0.15) is 43.4 Å². The summed E-state index contributed by atoms with van der Waals surface area (Å²) in [5.41, 5.74) is 1.84. The number of nitrogens with zero attached hydrogens (tertiary/aromatic N) is 6. The third-order valence-electron chi connectivity index (χ3n) is 5.04. The first kappa shape index (κ1) is 18.0. The van der Waals surface area contributed by atoms with Gasteiger partial charge in [-0.15, -0.1) is 20.4 Å². The van der Waals surface area contributed by atoms with Gasteiger partial charge < -0.3 is 8.98 Å². The Kier molecular flexibility index (Phi) is 4.60. The second-order valence-corrected chi connectivity index (χ2v) is 7.77. The fourth-order valence-corrected chi connectivity index (χ4v) is 3.60. The molecule has 5 rings (SSSR count). The lowest BCUT2D eigenvalue weighted by Gasteiger charge is -2.11. The van der Waals surface area contributed by atoms with Crippen molar-refractivity contribution in [2.45, 2.75) is 38.1 Å². The topological polar surface area (TPSA) is 82.5 Å². The first-order valence-electron chi connectivity index (χ1n) is 9.62. The quantitative estimate of drug-likeness (QED) is 0.460. The number of hydrogen-bond acceptors (Lipinski definition) is 6. The van der Waals surface area contributed by atoms with E-state index in [1.54, 1.807) is 12.4 Å². The number of rotatable bonds is 6. The number of halogens is 1. The van der Waals surface area contributed by atoms with E-state index in [0.717, 1.165) is 35.6 Å². The average Bonchev–Trinajstić information content (AvgIpc) is 3.29. The lowest BCUT2D eigenvalue weighted by atomic mass is 10.1. The highest BCUT2D eigenvalue weighted by Crippen LogP contribution is 2.39. The van der Waals surface area contributed by atoms with E-state index in [1.807, 2.05) is 36.4 Å². The second-order valence-electron chi connectivity index (χ2n) is 7.34. The van der Waals surface area contributed by atoms with Crippen LogP contribution < -0.4 is 0 Å². The molecule has 1 aromatic carbocycles. The Morgan fingerprint density at radius 1 is 1.07 bits per heavy atom. The molecule has 7 nitrogen and oxygen atoms in total. The van der Waals surface area contributed by atoms with Gasteiger partial charge >= 0.3 is 0 Å². The lowest BCUT2D eigenvalue weighted by Crippen LogP contribution is -2.08. The number of aromatic nitrogens is 6. The molecule has 0 amide bonds. The predicted molar refractivity (Wildman–Crippen MR) is 108 cm³/mol. The highest BCUT2D eigenvalue weighted by molar-refractivity contribution is 6.30. The van der Waals surface area contributed by atoms with Crippen molar-refractivity contribution in [3.8, 4) is 22.8 Å². The van der Waals surface area contributed by atoms with Crippen LogP contribution in [-0.4, -0.2) is 29.9 Å². The van der Waals surface area contributed by atoms with Crippen LogP contribution in [0.5, 0.6) is 0 Å². The molecule has 29 heavy (non-hydrogen) atoms. The van der Waals surface area contributed by atoms with Gasteiger partial charge in [0.2, 0.25) is 11.8 Å². The molecule has 1 aliphatic carbocycles. The number of hydrogen-bond donors (Lipinski definition) is 0. The van der Waals surface area contributed by atoms with Gasteiger partial charge in [0.1, 0.15) is 5.82 Å². The third-order valence-corrected chi connectivity index (χ3v) is 5.27. The summed E-state index contributed by atoms with van der Waals surface area (Å²) in [5, 5.41) is 18.0. The van der Waals surface area contributed by atoms with Crippen LogP contribution in [0, 0.1) is 0 Å². The van der Waals surface area contributed by atoms with Gasteiger partial charge in [0.15, 0.2) is 5.82 Å². The number of pyridine rings is 1. The van der Waals surface area contributed by atoms with E-state index in [2.05, 4.69) is 36.9 Å². The Bertz CT molecular complexity index is 1140. The summed E-state index contributed by atoms with van der Waals surface area (Å²) in [7, 11) is 0. The molecule has 0 radical (unpaired) electrons. The van der Waals surface area contributed by atoms with Gasteiger partial charge in [0.25, 0.3) is 0 Å². The first-order chi connectivity index (χ1) is 14.2. The van der Waals surface area contributed by atoms with Crippen LogP contribution in [0.15, 0.2) is 53.2 Å². The SMILES string of the molecule is C[C@@H](Cc1nnc(-c2ccncc2)n1C1CC1)c1nnc(-c2cccc(Cl)c2)o1. The zero-order chi connectivity index (χ0) is 19.8. The summed E-state index contributed by atoms with van der Waals surface area (Å²) >= 11 is 6.07. The third kappa shape index (κ3) is 3.65.